The summed E-state index contributed by atoms with van der Waals surface area (Å²) in [6.07, 6.45) is 1.70. The van der Waals surface area contributed by atoms with Crippen molar-refractivity contribution in [2.24, 2.45) is 0 Å². The zero-order valence-corrected chi connectivity index (χ0v) is 15.2. The molecule has 1 aromatic heterocycles. The zero-order valence-electron chi connectivity index (χ0n) is 14.5. The van der Waals surface area contributed by atoms with Gasteiger partial charge in [0, 0.05) is 43.3 Å². The van der Waals surface area contributed by atoms with E-state index in [1.165, 1.54) is 0 Å². The van der Waals surface area contributed by atoms with Crippen molar-refractivity contribution in [3.63, 3.8) is 0 Å². The van der Waals surface area contributed by atoms with E-state index in [2.05, 4.69) is 10.4 Å². The third-order valence-corrected chi connectivity index (χ3v) is 4.42. The van der Waals surface area contributed by atoms with E-state index < -0.39 is 6.10 Å². The molecule has 1 amide bonds. The first-order valence-corrected chi connectivity index (χ1v) is 9.03. The van der Waals surface area contributed by atoms with E-state index in [1.807, 2.05) is 18.2 Å². The molecular formula is C18H23ClN4O3. The Morgan fingerprint density at radius 3 is 2.92 bits per heavy atom. The maximum Gasteiger partial charge on any atom is 0.244 e. The molecule has 26 heavy (non-hydrogen) atoms. The topological polar surface area (TPSA) is 79.6 Å². The predicted molar refractivity (Wildman–Crippen MR) is 99.3 cm³/mol. The molecule has 1 aliphatic rings. The molecule has 0 saturated carbocycles. The van der Waals surface area contributed by atoms with E-state index in [1.54, 1.807) is 27.9 Å². The number of rotatable bonds is 7. The molecule has 0 spiro atoms. The smallest absolute Gasteiger partial charge is 0.244 e. The Labute approximate surface area is 157 Å². The first-order valence-electron chi connectivity index (χ1n) is 8.65. The van der Waals surface area contributed by atoms with Crippen molar-refractivity contribution in [1.82, 2.24) is 14.7 Å². The molecule has 0 bridgehead atoms. The molecule has 1 fully saturated rings. The maximum atomic E-state index is 12.2. The highest BCUT2D eigenvalue weighted by molar-refractivity contribution is 6.30. The van der Waals surface area contributed by atoms with Gasteiger partial charge in [0.25, 0.3) is 0 Å². The molecule has 2 heterocycles. The average Bonchev–Trinajstić information content (AvgIpc) is 3.08. The number of morpholine rings is 1. The summed E-state index contributed by atoms with van der Waals surface area (Å²) in [6, 6.07) is 9.24. The van der Waals surface area contributed by atoms with Crippen LogP contribution in [0.15, 0.2) is 36.5 Å². The van der Waals surface area contributed by atoms with Crippen molar-refractivity contribution in [3.05, 3.63) is 47.1 Å². The number of aliphatic hydroxyl groups is 1. The van der Waals surface area contributed by atoms with Crippen molar-refractivity contribution >= 4 is 23.3 Å². The maximum absolute atomic E-state index is 12.2. The summed E-state index contributed by atoms with van der Waals surface area (Å²) < 4.78 is 6.85. The van der Waals surface area contributed by atoms with Gasteiger partial charge < -0.3 is 20.1 Å². The van der Waals surface area contributed by atoms with E-state index in [9.17, 15) is 9.90 Å². The van der Waals surface area contributed by atoms with Crippen LogP contribution in [0.4, 0.5) is 5.82 Å². The largest absolute Gasteiger partial charge is 0.391 e. The molecule has 1 saturated heterocycles. The lowest BCUT2D eigenvalue weighted by Crippen LogP contribution is -2.42. The summed E-state index contributed by atoms with van der Waals surface area (Å²) >= 11 is 5.95. The molecule has 140 valence electrons. The standard InChI is InChI=1S/C18H23ClN4O3/c19-15-3-1-2-14(10-15)11-16(24)12-20-17-4-5-23(21-17)13-18(25)22-6-8-26-9-7-22/h1-5,10,16,24H,6-9,11-13H2,(H,20,21). The van der Waals surface area contributed by atoms with Gasteiger partial charge in [-0.3, -0.25) is 9.48 Å². The number of anilines is 1. The SMILES string of the molecule is O=C(Cn1ccc(NCC(O)Cc2cccc(Cl)c2)n1)N1CCOCC1. The lowest BCUT2D eigenvalue weighted by molar-refractivity contribution is -0.136. The van der Waals surface area contributed by atoms with Crippen molar-refractivity contribution < 1.29 is 14.6 Å². The van der Waals surface area contributed by atoms with Crippen LogP contribution in [0, 0.1) is 0 Å². The third-order valence-electron chi connectivity index (χ3n) is 4.18. The molecule has 3 rings (SSSR count). The summed E-state index contributed by atoms with van der Waals surface area (Å²) in [4.78, 5) is 14.0. The molecule has 2 aromatic rings. The summed E-state index contributed by atoms with van der Waals surface area (Å²) in [5.74, 6) is 0.661. The van der Waals surface area contributed by atoms with Gasteiger partial charge in [-0.05, 0) is 17.7 Å². The molecule has 7 nitrogen and oxygen atoms in total. The highest BCUT2D eigenvalue weighted by Gasteiger charge is 2.17. The number of hydrogen-bond acceptors (Lipinski definition) is 5. The quantitative estimate of drug-likeness (QED) is 0.761. The van der Waals surface area contributed by atoms with Gasteiger partial charge in [0.05, 0.1) is 19.3 Å². The van der Waals surface area contributed by atoms with Crippen molar-refractivity contribution in [2.45, 2.75) is 19.1 Å². The molecule has 0 radical (unpaired) electrons. The lowest BCUT2D eigenvalue weighted by Gasteiger charge is -2.26. The lowest BCUT2D eigenvalue weighted by atomic mass is 10.1. The van der Waals surface area contributed by atoms with Gasteiger partial charge in [0.2, 0.25) is 5.91 Å². The van der Waals surface area contributed by atoms with Gasteiger partial charge in [-0.1, -0.05) is 23.7 Å². The summed E-state index contributed by atoms with van der Waals surface area (Å²) in [5.41, 5.74) is 0.980. The Kier molecular flexibility index (Phi) is 6.49. The monoisotopic (exact) mass is 378 g/mol. The second-order valence-electron chi connectivity index (χ2n) is 6.26. The van der Waals surface area contributed by atoms with Crippen LogP contribution in [0.3, 0.4) is 0 Å². The van der Waals surface area contributed by atoms with Crippen molar-refractivity contribution in [3.8, 4) is 0 Å². The predicted octanol–water partition coefficient (Wildman–Crippen LogP) is 1.41. The normalized spacial score (nSPS) is 15.7. The van der Waals surface area contributed by atoms with Crippen molar-refractivity contribution in [1.29, 1.82) is 0 Å². The minimum absolute atomic E-state index is 0.0314. The molecule has 1 aromatic carbocycles. The van der Waals surface area contributed by atoms with Gasteiger partial charge in [0.15, 0.2) is 0 Å². The van der Waals surface area contributed by atoms with Crippen molar-refractivity contribution in [2.75, 3.05) is 38.2 Å². The number of carbonyl (C=O) groups excluding carboxylic acids is 1. The number of ether oxygens (including phenoxy) is 1. The number of halogens is 1. The summed E-state index contributed by atoms with van der Waals surface area (Å²) in [6.45, 7) is 2.99. The second-order valence-corrected chi connectivity index (χ2v) is 6.70. The Morgan fingerprint density at radius 1 is 1.35 bits per heavy atom. The zero-order chi connectivity index (χ0) is 18.4. The fourth-order valence-corrected chi connectivity index (χ4v) is 3.04. The van der Waals surface area contributed by atoms with E-state index in [-0.39, 0.29) is 12.5 Å². The number of benzene rings is 1. The van der Waals surface area contributed by atoms with Gasteiger partial charge in [0.1, 0.15) is 12.4 Å². The van der Waals surface area contributed by atoms with Gasteiger partial charge in [-0.25, -0.2) is 0 Å². The van der Waals surface area contributed by atoms with E-state index in [4.69, 9.17) is 16.3 Å². The molecule has 1 atom stereocenters. The highest BCUT2D eigenvalue weighted by atomic mass is 35.5. The number of nitrogens with zero attached hydrogens (tertiary/aromatic N) is 3. The van der Waals surface area contributed by atoms with Crippen LogP contribution in [0.1, 0.15) is 5.56 Å². The van der Waals surface area contributed by atoms with Crippen LogP contribution in [-0.4, -0.2) is 64.6 Å². The molecular weight excluding hydrogens is 356 g/mol. The average molecular weight is 379 g/mol. The number of hydrogen-bond donors (Lipinski definition) is 2. The molecule has 1 aliphatic heterocycles. The minimum Gasteiger partial charge on any atom is -0.391 e. The van der Waals surface area contributed by atoms with Crippen LogP contribution in [0.2, 0.25) is 5.02 Å². The van der Waals surface area contributed by atoms with E-state index in [0.717, 1.165) is 5.56 Å². The first kappa shape index (κ1) is 18.7. The molecule has 0 aliphatic carbocycles. The number of nitrogens with one attached hydrogen (secondary N) is 1. The third kappa shape index (κ3) is 5.45. The number of aromatic nitrogens is 2. The van der Waals surface area contributed by atoms with Crippen LogP contribution >= 0.6 is 11.6 Å². The number of amides is 1. The Hall–Kier alpha value is -2.09. The van der Waals surface area contributed by atoms with Gasteiger partial charge in [-0.15, -0.1) is 0 Å². The van der Waals surface area contributed by atoms with Crippen LogP contribution < -0.4 is 5.32 Å². The second kappa shape index (κ2) is 9.02. The Morgan fingerprint density at radius 2 is 2.15 bits per heavy atom. The summed E-state index contributed by atoms with van der Waals surface area (Å²) in [7, 11) is 0. The molecule has 2 N–H and O–H groups in total. The Bertz CT molecular complexity index is 731. The van der Waals surface area contributed by atoms with Crippen LogP contribution in [-0.2, 0) is 22.5 Å². The fourth-order valence-electron chi connectivity index (χ4n) is 2.83. The molecule has 1 unspecified atom stereocenters. The van der Waals surface area contributed by atoms with Crippen LogP contribution in [0.5, 0.6) is 0 Å². The minimum atomic E-state index is -0.561. The molecule has 8 heteroatoms. The van der Waals surface area contributed by atoms with Gasteiger partial charge in [-0.2, -0.15) is 5.10 Å². The Balaban J connectivity index is 1.45. The van der Waals surface area contributed by atoms with E-state index >= 15 is 0 Å². The van der Waals surface area contributed by atoms with Gasteiger partial charge >= 0.3 is 0 Å². The highest BCUT2D eigenvalue weighted by Crippen LogP contribution is 2.13. The van der Waals surface area contributed by atoms with Crippen LogP contribution in [0.25, 0.3) is 0 Å². The first-order chi connectivity index (χ1) is 12.6. The number of aliphatic hydroxyl groups excluding tert-OH is 1. The number of carbonyl (C=O) groups is 1. The fraction of sp³-hybridized carbons (Fsp3) is 0.444. The van der Waals surface area contributed by atoms with E-state index in [0.29, 0.717) is 50.1 Å². The summed E-state index contributed by atoms with van der Waals surface area (Å²) in [5, 5.41) is 18.2.